The largest absolute Gasteiger partial charge is 0.496 e. The van der Waals surface area contributed by atoms with Crippen LogP contribution in [0.4, 0.5) is 5.69 Å². The standard InChI is InChI=1S/C29H29N3O3/c1-35-26-13-12-19(15-20(26)17-32-14-6-8-18-7-2-5-11-25(18)32)27-28-22(16-24(31-27)29(33)34)21-9-3-4-10-23(21)30-28/h2-5,7,9-13,15,24,27,30-31H,6,8,14,16-17H2,1H3,(H,33,34). The zero-order valence-corrected chi connectivity index (χ0v) is 19.8. The average molecular weight is 468 g/mol. The molecule has 0 spiro atoms. The van der Waals surface area contributed by atoms with Gasteiger partial charge in [0, 0.05) is 47.4 Å². The number of nitrogens with one attached hydrogen (secondary N) is 2. The van der Waals surface area contributed by atoms with Crippen molar-refractivity contribution in [2.24, 2.45) is 0 Å². The van der Waals surface area contributed by atoms with Gasteiger partial charge in [0.2, 0.25) is 0 Å². The van der Waals surface area contributed by atoms with E-state index in [1.54, 1.807) is 7.11 Å². The van der Waals surface area contributed by atoms with E-state index in [1.165, 1.54) is 11.3 Å². The quantitative estimate of drug-likeness (QED) is 0.392. The molecule has 6 nitrogen and oxygen atoms in total. The number of carboxylic acid groups (broad SMARTS) is 1. The van der Waals surface area contributed by atoms with Crippen molar-refractivity contribution in [2.45, 2.75) is 37.9 Å². The first-order chi connectivity index (χ1) is 17.1. The first-order valence-electron chi connectivity index (χ1n) is 12.2. The Balaban J connectivity index is 1.41. The molecule has 0 radical (unpaired) electrons. The molecule has 178 valence electrons. The number of ether oxygens (including phenoxy) is 1. The van der Waals surface area contributed by atoms with Gasteiger partial charge in [0.1, 0.15) is 11.8 Å². The Morgan fingerprint density at radius 3 is 2.80 bits per heavy atom. The van der Waals surface area contributed by atoms with E-state index in [4.69, 9.17) is 4.74 Å². The van der Waals surface area contributed by atoms with E-state index in [0.717, 1.165) is 65.0 Å². The van der Waals surface area contributed by atoms with Crippen LogP contribution in [0.5, 0.6) is 5.75 Å². The summed E-state index contributed by atoms with van der Waals surface area (Å²) in [7, 11) is 1.71. The normalized spacial score (nSPS) is 19.3. The van der Waals surface area contributed by atoms with Crippen molar-refractivity contribution in [3.63, 3.8) is 0 Å². The Kier molecular flexibility index (Phi) is 5.46. The van der Waals surface area contributed by atoms with Gasteiger partial charge >= 0.3 is 5.97 Å². The third-order valence-corrected chi connectivity index (χ3v) is 7.41. The number of nitrogens with zero attached hydrogens (tertiary/aromatic N) is 1. The molecule has 0 aliphatic carbocycles. The number of fused-ring (bicyclic) bond motifs is 4. The third kappa shape index (κ3) is 3.84. The van der Waals surface area contributed by atoms with Crippen molar-refractivity contribution < 1.29 is 14.6 Å². The highest BCUT2D eigenvalue weighted by Gasteiger charge is 2.34. The summed E-state index contributed by atoms with van der Waals surface area (Å²) in [4.78, 5) is 18.0. The van der Waals surface area contributed by atoms with Crippen molar-refractivity contribution in [3.8, 4) is 5.75 Å². The number of rotatable bonds is 5. The topological polar surface area (TPSA) is 77.6 Å². The van der Waals surface area contributed by atoms with Crippen LogP contribution in [-0.4, -0.2) is 35.8 Å². The fraction of sp³-hybridized carbons (Fsp3) is 0.276. The summed E-state index contributed by atoms with van der Waals surface area (Å²) in [5, 5.41) is 14.4. The maximum absolute atomic E-state index is 12.0. The van der Waals surface area contributed by atoms with Gasteiger partial charge in [-0.15, -0.1) is 0 Å². The molecule has 35 heavy (non-hydrogen) atoms. The minimum atomic E-state index is -0.829. The van der Waals surface area contributed by atoms with Crippen LogP contribution in [0.2, 0.25) is 0 Å². The number of H-pyrrole nitrogens is 1. The van der Waals surface area contributed by atoms with Crippen molar-refractivity contribution in [1.29, 1.82) is 0 Å². The van der Waals surface area contributed by atoms with E-state index in [2.05, 4.69) is 51.6 Å². The molecule has 6 rings (SSSR count). The zero-order valence-electron chi connectivity index (χ0n) is 19.8. The Labute approximate surface area is 204 Å². The number of benzene rings is 3. The summed E-state index contributed by atoms with van der Waals surface area (Å²) < 4.78 is 5.75. The number of methoxy groups -OCH3 is 1. The molecule has 3 aromatic carbocycles. The SMILES string of the molecule is COc1ccc(C2NC(C(=O)O)Cc3c2[nH]c2ccccc32)cc1CN1CCCc2ccccc21. The summed E-state index contributed by atoms with van der Waals surface area (Å²) in [6, 6.07) is 22.1. The number of aromatic amines is 1. The van der Waals surface area contributed by atoms with Gasteiger partial charge in [-0.2, -0.15) is 0 Å². The molecule has 2 atom stereocenters. The number of aromatic nitrogens is 1. The Hall–Kier alpha value is -3.77. The molecule has 0 fully saturated rings. The fourth-order valence-electron chi connectivity index (χ4n) is 5.74. The first-order valence-corrected chi connectivity index (χ1v) is 12.2. The molecule has 2 aliphatic rings. The number of aliphatic carboxylic acids is 1. The second-order valence-electron chi connectivity index (χ2n) is 9.48. The third-order valence-electron chi connectivity index (χ3n) is 7.41. The lowest BCUT2D eigenvalue weighted by Gasteiger charge is -2.33. The number of hydrogen-bond donors (Lipinski definition) is 3. The molecule has 0 saturated carbocycles. The smallest absolute Gasteiger partial charge is 0.321 e. The summed E-state index contributed by atoms with van der Waals surface area (Å²) in [5.41, 5.74) is 7.96. The van der Waals surface area contributed by atoms with Crippen LogP contribution in [0.1, 0.15) is 40.4 Å². The van der Waals surface area contributed by atoms with E-state index in [-0.39, 0.29) is 6.04 Å². The van der Waals surface area contributed by atoms with Crippen LogP contribution in [-0.2, 0) is 24.2 Å². The van der Waals surface area contributed by atoms with Crippen molar-refractivity contribution in [2.75, 3.05) is 18.6 Å². The Morgan fingerprint density at radius 1 is 1.11 bits per heavy atom. The molecule has 3 N–H and O–H groups in total. The Morgan fingerprint density at radius 2 is 1.94 bits per heavy atom. The van der Waals surface area contributed by atoms with Gasteiger partial charge in [-0.05, 0) is 53.8 Å². The van der Waals surface area contributed by atoms with Gasteiger partial charge in [0.05, 0.1) is 13.2 Å². The number of carboxylic acids is 1. The predicted molar refractivity (Wildman–Crippen MR) is 137 cm³/mol. The molecule has 2 aliphatic heterocycles. The van der Waals surface area contributed by atoms with E-state index in [1.807, 2.05) is 30.3 Å². The van der Waals surface area contributed by atoms with E-state index >= 15 is 0 Å². The highest BCUT2D eigenvalue weighted by Crippen LogP contribution is 2.37. The summed E-state index contributed by atoms with van der Waals surface area (Å²) in [6.07, 6.45) is 2.69. The monoisotopic (exact) mass is 467 g/mol. The van der Waals surface area contributed by atoms with Crippen molar-refractivity contribution in [1.82, 2.24) is 10.3 Å². The summed E-state index contributed by atoms with van der Waals surface area (Å²) in [6.45, 7) is 1.74. The zero-order chi connectivity index (χ0) is 23.9. The molecule has 4 aromatic rings. The molecular weight excluding hydrogens is 438 g/mol. The second-order valence-corrected chi connectivity index (χ2v) is 9.48. The second kappa shape index (κ2) is 8.78. The first kappa shape index (κ1) is 21.7. The summed E-state index contributed by atoms with van der Waals surface area (Å²) >= 11 is 0. The van der Waals surface area contributed by atoms with Crippen molar-refractivity contribution in [3.05, 3.63) is 94.7 Å². The van der Waals surface area contributed by atoms with Gasteiger partial charge < -0.3 is 19.7 Å². The van der Waals surface area contributed by atoms with Crippen molar-refractivity contribution >= 4 is 22.6 Å². The van der Waals surface area contributed by atoms with Crippen LogP contribution in [0.15, 0.2) is 66.7 Å². The number of para-hydroxylation sites is 2. The lowest BCUT2D eigenvalue weighted by atomic mass is 9.89. The maximum Gasteiger partial charge on any atom is 0.321 e. The van der Waals surface area contributed by atoms with Crippen LogP contribution in [0.25, 0.3) is 10.9 Å². The molecule has 0 amide bonds. The average Bonchev–Trinajstić information content (AvgIpc) is 3.27. The van der Waals surface area contributed by atoms with E-state index < -0.39 is 12.0 Å². The minimum absolute atomic E-state index is 0.245. The Bertz CT molecular complexity index is 1410. The predicted octanol–water partition coefficient (Wildman–Crippen LogP) is 4.82. The van der Waals surface area contributed by atoms with Crippen LogP contribution >= 0.6 is 0 Å². The van der Waals surface area contributed by atoms with Gasteiger partial charge in [-0.1, -0.05) is 42.5 Å². The highest BCUT2D eigenvalue weighted by molar-refractivity contribution is 5.87. The molecule has 2 unspecified atom stereocenters. The van der Waals surface area contributed by atoms with Crippen LogP contribution < -0.4 is 15.0 Å². The minimum Gasteiger partial charge on any atom is -0.496 e. The van der Waals surface area contributed by atoms with Gasteiger partial charge in [0.25, 0.3) is 0 Å². The van der Waals surface area contributed by atoms with Gasteiger partial charge in [0.15, 0.2) is 0 Å². The molecule has 6 heteroatoms. The molecular formula is C29H29N3O3. The maximum atomic E-state index is 12.0. The lowest BCUT2D eigenvalue weighted by molar-refractivity contribution is -0.139. The van der Waals surface area contributed by atoms with Gasteiger partial charge in [-0.25, -0.2) is 0 Å². The van der Waals surface area contributed by atoms with Crippen LogP contribution in [0, 0.1) is 0 Å². The number of aryl methyl sites for hydroxylation is 1. The number of carbonyl (C=O) groups is 1. The van der Waals surface area contributed by atoms with Gasteiger partial charge in [-0.3, -0.25) is 10.1 Å². The highest BCUT2D eigenvalue weighted by atomic mass is 16.5. The molecule has 3 heterocycles. The summed E-state index contributed by atoms with van der Waals surface area (Å²) in [5.74, 6) is 0.0175. The van der Waals surface area contributed by atoms with Crippen LogP contribution in [0.3, 0.4) is 0 Å². The molecule has 0 bridgehead atoms. The molecule has 0 saturated heterocycles. The number of hydrogen-bond acceptors (Lipinski definition) is 4. The lowest BCUT2D eigenvalue weighted by Crippen LogP contribution is -2.45. The van der Waals surface area contributed by atoms with E-state index in [0.29, 0.717) is 6.42 Å². The fourth-order valence-corrected chi connectivity index (χ4v) is 5.74. The number of anilines is 1. The molecule has 1 aromatic heterocycles. The van der Waals surface area contributed by atoms with E-state index in [9.17, 15) is 9.90 Å².